The third-order valence-corrected chi connectivity index (χ3v) is 4.49. The molecule has 0 unspecified atom stereocenters. The van der Waals surface area contributed by atoms with Crippen LogP contribution in [0.1, 0.15) is 19.3 Å². The number of anilines is 1. The van der Waals surface area contributed by atoms with Crippen LogP contribution in [-0.2, 0) is 0 Å². The first-order valence-corrected chi connectivity index (χ1v) is 7.02. The second kappa shape index (κ2) is 4.63. The zero-order chi connectivity index (χ0) is 11.7. The molecule has 2 aromatic rings. The Morgan fingerprint density at radius 1 is 1.35 bits per heavy atom. The van der Waals surface area contributed by atoms with Crippen molar-refractivity contribution >= 4 is 26.7 Å². The molecular formula is C13H17N3S. The minimum Gasteiger partial charge on any atom is -0.344 e. The van der Waals surface area contributed by atoms with Crippen molar-refractivity contribution in [2.45, 2.75) is 25.3 Å². The van der Waals surface area contributed by atoms with Crippen molar-refractivity contribution in [3.63, 3.8) is 0 Å². The minimum absolute atomic E-state index is 0.666. The van der Waals surface area contributed by atoms with Crippen molar-refractivity contribution in [1.29, 1.82) is 0 Å². The van der Waals surface area contributed by atoms with Crippen LogP contribution in [0.25, 0.3) is 10.2 Å². The number of rotatable bonds is 4. The smallest absolute Gasteiger partial charge is 0.186 e. The number of nitrogens with two attached hydrogens (primary N) is 1. The monoisotopic (exact) mass is 247 g/mol. The summed E-state index contributed by atoms with van der Waals surface area (Å²) in [6.07, 6.45) is 3.92. The van der Waals surface area contributed by atoms with Crippen molar-refractivity contribution in [1.82, 2.24) is 4.98 Å². The molecule has 0 bridgehead atoms. The van der Waals surface area contributed by atoms with Crippen molar-refractivity contribution in [2.24, 2.45) is 5.73 Å². The van der Waals surface area contributed by atoms with Crippen molar-refractivity contribution in [2.75, 3.05) is 18.0 Å². The SMILES string of the molecule is NCCN(c1nc2ccccc2s1)C1CCC1. The number of hydrogen-bond donors (Lipinski definition) is 1. The van der Waals surface area contributed by atoms with E-state index in [2.05, 4.69) is 23.1 Å². The van der Waals surface area contributed by atoms with Crippen LogP contribution < -0.4 is 10.6 Å². The molecule has 1 fully saturated rings. The third-order valence-electron chi connectivity index (χ3n) is 3.41. The summed E-state index contributed by atoms with van der Waals surface area (Å²) in [6, 6.07) is 9.00. The van der Waals surface area contributed by atoms with Gasteiger partial charge >= 0.3 is 0 Å². The Morgan fingerprint density at radius 2 is 2.18 bits per heavy atom. The summed E-state index contributed by atoms with van der Waals surface area (Å²) >= 11 is 1.78. The Labute approximate surface area is 105 Å². The molecule has 1 aromatic heterocycles. The first-order valence-electron chi connectivity index (χ1n) is 6.21. The largest absolute Gasteiger partial charge is 0.344 e. The molecule has 0 spiro atoms. The molecule has 90 valence electrons. The fourth-order valence-corrected chi connectivity index (χ4v) is 3.32. The standard InChI is InChI=1S/C13H17N3S/c14-8-9-16(10-4-3-5-10)13-15-11-6-1-2-7-12(11)17-13/h1-2,6-7,10H,3-5,8-9,14H2. The molecular weight excluding hydrogens is 230 g/mol. The molecule has 3 rings (SSSR count). The van der Waals surface area contributed by atoms with Crippen LogP contribution in [0.2, 0.25) is 0 Å². The number of nitrogens with zero attached hydrogens (tertiary/aromatic N) is 2. The zero-order valence-electron chi connectivity index (χ0n) is 9.80. The van der Waals surface area contributed by atoms with Gasteiger partial charge in [0.25, 0.3) is 0 Å². The van der Waals surface area contributed by atoms with Crippen LogP contribution in [0.15, 0.2) is 24.3 Å². The predicted molar refractivity (Wildman–Crippen MR) is 73.7 cm³/mol. The maximum absolute atomic E-state index is 5.71. The van der Waals surface area contributed by atoms with Gasteiger partial charge in [0.1, 0.15) is 0 Å². The average molecular weight is 247 g/mol. The number of para-hydroxylation sites is 1. The molecule has 3 nitrogen and oxygen atoms in total. The van der Waals surface area contributed by atoms with E-state index in [1.807, 2.05) is 6.07 Å². The lowest BCUT2D eigenvalue weighted by molar-refractivity contribution is 0.388. The Kier molecular flexibility index (Phi) is 2.99. The second-order valence-electron chi connectivity index (χ2n) is 4.53. The lowest BCUT2D eigenvalue weighted by Crippen LogP contribution is -2.42. The summed E-state index contributed by atoms with van der Waals surface area (Å²) < 4.78 is 1.27. The van der Waals surface area contributed by atoms with Gasteiger partial charge in [0.05, 0.1) is 10.2 Å². The summed E-state index contributed by atoms with van der Waals surface area (Å²) in [5.74, 6) is 0. The fourth-order valence-electron chi connectivity index (χ4n) is 2.25. The maximum Gasteiger partial charge on any atom is 0.186 e. The lowest BCUT2D eigenvalue weighted by Gasteiger charge is -2.37. The topological polar surface area (TPSA) is 42.1 Å². The van der Waals surface area contributed by atoms with E-state index in [1.54, 1.807) is 11.3 Å². The number of benzene rings is 1. The highest BCUT2D eigenvalue weighted by Crippen LogP contribution is 2.34. The van der Waals surface area contributed by atoms with Crippen LogP contribution >= 0.6 is 11.3 Å². The highest BCUT2D eigenvalue weighted by molar-refractivity contribution is 7.22. The second-order valence-corrected chi connectivity index (χ2v) is 5.54. The molecule has 1 aliphatic rings. The molecule has 1 saturated carbocycles. The van der Waals surface area contributed by atoms with E-state index in [9.17, 15) is 0 Å². The summed E-state index contributed by atoms with van der Waals surface area (Å²) in [4.78, 5) is 7.12. The third kappa shape index (κ3) is 2.03. The van der Waals surface area contributed by atoms with Crippen molar-refractivity contribution < 1.29 is 0 Å². The molecule has 1 heterocycles. The van der Waals surface area contributed by atoms with E-state index in [1.165, 1.54) is 24.0 Å². The number of fused-ring (bicyclic) bond motifs is 1. The summed E-state index contributed by atoms with van der Waals surface area (Å²) in [6.45, 7) is 1.62. The quantitative estimate of drug-likeness (QED) is 0.903. The van der Waals surface area contributed by atoms with Crippen molar-refractivity contribution in [3.8, 4) is 0 Å². The van der Waals surface area contributed by atoms with Gasteiger partial charge in [0.15, 0.2) is 5.13 Å². The summed E-state index contributed by atoms with van der Waals surface area (Å²) in [5, 5.41) is 1.14. The van der Waals surface area contributed by atoms with Gasteiger partial charge in [-0.1, -0.05) is 23.5 Å². The van der Waals surface area contributed by atoms with Crippen LogP contribution in [-0.4, -0.2) is 24.1 Å². The molecule has 0 atom stereocenters. The normalized spacial score (nSPS) is 16.1. The van der Waals surface area contributed by atoms with Gasteiger partial charge in [-0.05, 0) is 31.4 Å². The Balaban J connectivity index is 1.93. The molecule has 0 saturated heterocycles. The van der Waals surface area contributed by atoms with E-state index in [0.29, 0.717) is 12.6 Å². The molecule has 1 aliphatic carbocycles. The number of hydrogen-bond acceptors (Lipinski definition) is 4. The van der Waals surface area contributed by atoms with Crippen LogP contribution in [0, 0.1) is 0 Å². The van der Waals surface area contributed by atoms with Gasteiger partial charge in [-0.25, -0.2) is 4.98 Å². The van der Waals surface area contributed by atoms with Gasteiger partial charge in [0, 0.05) is 19.1 Å². The molecule has 0 aliphatic heterocycles. The molecule has 4 heteroatoms. The lowest BCUT2D eigenvalue weighted by atomic mass is 9.92. The van der Waals surface area contributed by atoms with Gasteiger partial charge in [0.2, 0.25) is 0 Å². The van der Waals surface area contributed by atoms with Gasteiger partial charge in [-0.2, -0.15) is 0 Å². The van der Waals surface area contributed by atoms with Crippen LogP contribution in [0.4, 0.5) is 5.13 Å². The summed E-state index contributed by atoms with van der Waals surface area (Å²) in [7, 11) is 0. The Morgan fingerprint density at radius 3 is 2.82 bits per heavy atom. The fraction of sp³-hybridized carbons (Fsp3) is 0.462. The Hall–Kier alpha value is -1.13. The molecule has 0 radical (unpaired) electrons. The molecule has 2 N–H and O–H groups in total. The van der Waals surface area contributed by atoms with Gasteiger partial charge in [-0.3, -0.25) is 0 Å². The molecule has 17 heavy (non-hydrogen) atoms. The van der Waals surface area contributed by atoms with Crippen molar-refractivity contribution in [3.05, 3.63) is 24.3 Å². The average Bonchev–Trinajstić information content (AvgIpc) is 2.69. The summed E-state index contributed by atoms with van der Waals surface area (Å²) in [5.41, 5.74) is 6.82. The van der Waals surface area contributed by atoms with E-state index in [-0.39, 0.29) is 0 Å². The number of thiazole rings is 1. The number of aromatic nitrogens is 1. The predicted octanol–water partition coefficient (Wildman–Crippen LogP) is 2.61. The van der Waals surface area contributed by atoms with E-state index in [0.717, 1.165) is 17.2 Å². The maximum atomic E-state index is 5.71. The van der Waals surface area contributed by atoms with E-state index in [4.69, 9.17) is 10.7 Å². The van der Waals surface area contributed by atoms with Gasteiger partial charge in [-0.15, -0.1) is 0 Å². The van der Waals surface area contributed by atoms with Gasteiger partial charge < -0.3 is 10.6 Å². The minimum atomic E-state index is 0.666. The molecule has 1 aromatic carbocycles. The zero-order valence-corrected chi connectivity index (χ0v) is 10.6. The van der Waals surface area contributed by atoms with E-state index < -0.39 is 0 Å². The first-order chi connectivity index (χ1) is 8.38. The van der Waals surface area contributed by atoms with Crippen LogP contribution in [0.3, 0.4) is 0 Å². The molecule has 0 amide bonds. The van der Waals surface area contributed by atoms with Crippen LogP contribution in [0.5, 0.6) is 0 Å². The Bertz CT molecular complexity index is 471. The highest BCUT2D eigenvalue weighted by atomic mass is 32.1. The highest BCUT2D eigenvalue weighted by Gasteiger charge is 2.26. The first kappa shape index (κ1) is 11.0. The van der Waals surface area contributed by atoms with E-state index >= 15 is 0 Å².